The lowest BCUT2D eigenvalue weighted by atomic mass is 9.86. The first-order valence-electron chi connectivity index (χ1n) is 6.44. The van der Waals surface area contributed by atoms with E-state index >= 15 is 0 Å². The molecule has 19 heavy (non-hydrogen) atoms. The van der Waals surface area contributed by atoms with Gasteiger partial charge in [-0.1, -0.05) is 36.4 Å². The molecule has 0 aromatic heterocycles. The van der Waals surface area contributed by atoms with Gasteiger partial charge in [0.25, 0.3) is 0 Å². The average Bonchev–Trinajstić information content (AvgIpc) is 2.38. The van der Waals surface area contributed by atoms with Crippen LogP contribution in [0.4, 0.5) is 0 Å². The van der Waals surface area contributed by atoms with Gasteiger partial charge in [-0.25, -0.2) is 0 Å². The Labute approximate surface area is 114 Å². The molecular weight excluding hydrogens is 236 g/mol. The van der Waals surface area contributed by atoms with Crippen LogP contribution in [0, 0.1) is 6.92 Å². The summed E-state index contributed by atoms with van der Waals surface area (Å²) in [5.41, 5.74) is 2.26. The third kappa shape index (κ3) is 3.15. The molecule has 2 nitrogen and oxygen atoms in total. The van der Waals surface area contributed by atoms with Gasteiger partial charge in [0, 0.05) is 6.42 Å². The van der Waals surface area contributed by atoms with Crippen molar-refractivity contribution < 1.29 is 9.84 Å². The third-order valence-corrected chi connectivity index (χ3v) is 3.41. The van der Waals surface area contributed by atoms with E-state index in [4.69, 9.17) is 4.74 Å². The Hall–Kier alpha value is -1.80. The molecule has 0 radical (unpaired) electrons. The maximum atomic E-state index is 10.7. The lowest BCUT2D eigenvalue weighted by Crippen LogP contribution is -2.25. The van der Waals surface area contributed by atoms with E-state index < -0.39 is 5.60 Å². The Kier molecular flexibility index (Phi) is 3.91. The van der Waals surface area contributed by atoms with Gasteiger partial charge in [-0.3, -0.25) is 0 Å². The molecule has 1 atom stereocenters. The Morgan fingerprint density at radius 1 is 1.11 bits per heavy atom. The predicted octanol–water partition coefficient (Wildman–Crippen LogP) is 3.45. The van der Waals surface area contributed by atoms with Gasteiger partial charge < -0.3 is 9.84 Å². The molecule has 0 bridgehead atoms. The molecule has 0 saturated carbocycles. The van der Waals surface area contributed by atoms with Crippen LogP contribution in [0.1, 0.15) is 23.6 Å². The summed E-state index contributed by atoms with van der Waals surface area (Å²) in [6.45, 7) is 3.88. The Bertz CT molecular complexity index is 559. The molecule has 0 amide bonds. The normalized spacial score (nSPS) is 13.9. The SMILES string of the molecule is COc1cccc(CC(C)(O)c2ccccc2C)c1. The predicted molar refractivity (Wildman–Crippen MR) is 77.4 cm³/mol. The van der Waals surface area contributed by atoms with Gasteiger partial charge in [0.1, 0.15) is 5.75 Å². The summed E-state index contributed by atoms with van der Waals surface area (Å²) in [6.07, 6.45) is 0.565. The molecule has 0 spiro atoms. The van der Waals surface area contributed by atoms with Gasteiger partial charge in [-0.15, -0.1) is 0 Å². The molecular formula is C17H20O2. The highest BCUT2D eigenvalue weighted by Gasteiger charge is 2.25. The van der Waals surface area contributed by atoms with E-state index in [-0.39, 0.29) is 0 Å². The average molecular weight is 256 g/mol. The van der Waals surface area contributed by atoms with Crippen LogP contribution in [0.5, 0.6) is 5.75 Å². The highest BCUT2D eigenvalue weighted by Crippen LogP contribution is 2.28. The summed E-state index contributed by atoms with van der Waals surface area (Å²) in [5, 5.41) is 10.7. The monoisotopic (exact) mass is 256 g/mol. The third-order valence-electron chi connectivity index (χ3n) is 3.41. The Morgan fingerprint density at radius 3 is 2.53 bits per heavy atom. The number of methoxy groups -OCH3 is 1. The van der Waals surface area contributed by atoms with Crippen LogP contribution < -0.4 is 4.74 Å². The number of rotatable bonds is 4. The van der Waals surface area contributed by atoms with Crippen LogP contribution in [-0.4, -0.2) is 12.2 Å². The van der Waals surface area contributed by atoms with E-state index in [1.807, 2.05) is 62.4 Å². The fourth-order valence-electron chi connectivity index (χ4n) is 2.45. The minimum Gasteiger partial charge on any atom is -0.497 e. The number of ether oxygens (including phenoxy) is 1. The molecule has 2 aromatic carbocycles. The van der Waals surface area contributed by atoms with Gasteiger partial charge in [-0.05, 0) is 42.7 Å². The minimum atomic E-state index is -0.877. The molecule has 2 rings (SSSR count). The number of hydrogen-bond acceptors (Lipinski definition) is 2. The molecule has 100 valence electrons. The Morgan fingerprint density at radius 2 is 1.84 bits per heavy atom. The summed E-state index contributed by atoms with van der Waals surface area (Å²) in [5.74, 6) is 0.818. The van der Waals surface area contributed by atoms with Crippen molar-refractivity contribution in [2.24, 2.45) is 0 Å². The highest BCUT2D eigenvalue weighted by atomic mass is 16.5. The molecule has 1 unspecified atom stereocenters. The maximum absolute atomic E-state index is 10.7. The second kappa shape index (κ2) is 5.45. The molecule has 0 aliphatic carbocycles. The zero-order chi connectivity index (χ0) is 13.9. The van der Waals surface area contributed by atoms with Crippen molar-refractivity contribution in [3.8, 4) is 5.75 Å². The molecule has 0 heterocycles. The van der Waals surface area contributed by atoms with Crippen molar-refractivity contribution >= 4 is 0 Å². The van der Waals surface area contributed by atoms with E-state index in [0.717, 1.165) is 22.4 Å². The second-order valence-corrected chi connectivity index (χ2v) is 5.12. The number of aliphatic hydroxyl groups is 1. The van der Waals surface area contributed by atoms with Crippen LogP contribution in [0.3, 0.4) is 0 Å². The maximum Gasteiger partial charge on any atom is 0.119 e. The first kappa shape index (κ1) is 13.6. The summed E-state index contributed by atoms with van der Waals surface area (Å²) < 4.78 is 5.22. The van der Waals surface area contributed by atoms with Crippen LogP contribution in [-0.2, 0) is 12.0 Å². The number of aryl methyl sites for hydroxylation is 1. The first-order valence-corrected chi connectivity index (χ1v) is 6.44. The van der Waals surface area contributed by atoms with Crippen molar-refractivity contribution in [2.45, 2.75) is 25.9 Å². The zero-order valence-corrected chi connectivity index (χ0v) is 11.7. The van der Waals surface area contributed by atoms with Crippen molar-refractivity contribution in [1.29, 1.82) is 0 Å². The first-order chi connectivity index (χ1) is 9.03. The van der Waals surface area contributed by atoms with Crippen molar-refractivity contribution in [3.05, 3.63) is 65.2 Å². The standard InChI is InChI=1S/C17H20O2/c1-13-7-4-5-10-16(13)17(2,18)12-14-8-6-9-15(11-14)19-3/h4-11,18H,12H2,1-3H3. The number of hydrogen-bond donors (Lipinski definition) is 1. The van der Waals surface area contributed by atoms with Crippen molar-refractivity contribution in [3.63, 3.8) is 0 Å². The highest BCUT2D eigenvalue weighted by molar-refractivity contribution is 5.35. The summed E-state index contributed by atoms with van der Waals surface area (Å²) >= 11 is 0. The van der Waals surface area contributed by atoms with Crippen molar-refractivity contribution in [2.75, 3.05) is 7.11 Å². The van der Waals surface area contributed by atoms with Gasteiger partial charge >= 0.3 is 0 Å². The second-order valence-electron chi connectivity index (χ2n) is 5.12. The minimum absolute atomic E-state index is 0.565. The zero-order valence-electron chi connectivity index (χ0n) is 11.7. The van der Waals surface area contributed by atoms with Crippen LogP contribution in [0.25, 0.3) is 0 Å². The Balaban J connectivity index is 2.28. The van der Waals surface area contributed by atoms with Crippen LogP contribution in [0.15, 0.2) is 48.5 Å². The largest absolute Gasteiger partial charge is 0.497 e. The van der Waals surface area contributed by atoms with Crippen molar-refractivity contribution in [1.82, 2.24) is 0 Å². The molecule has 2 aromatic rings. The van der Waals surface area contributed by atoms with E-state index in [0.29, 0.717) is 6.42 Å². The summed E-state index contributed by atoms with van der Waals surface area (Å²) in [4.78, 5) is 0. The fourth-order valence-corrected chi connectivity index (χ4v) is 2.45. The molecule has 1 N–H and O–H groups in total. The van der Waals surface area contributed by atoms with Crippen LogP contribution in [0.2, 0.25) is 0 Å². The number of benzene rings is 2. The smallest absolute Gasteiger partial charge is 0.119 e. The van der Waals surface area contributed by atoms with Gasteiger partial charge in [-0.2, -0.15) is 0 Å². The van der Waals surface area contributed by atoms with E-state index in [1.165, 1.54) is 0 Å². The summed E-state index contributed by atoms with van der Waals surface area (Å²) in [6, 6.07) is 15.8. The lowest BCUT2D eigenvalue weighted by molar-refractivity contribution is 0.0569. The summed E-state index contributed by atoms with van der Waals surface area (Å²) in [7, 11) is 1.65. The van der Waals surface area contributed by atoms with E-state index in [9.17, 15) is 5.11 Å². The van der Waals surface area contributed by atoms with Gasteiger partial charge in [0.15, 0.2) is 0 Å². The lowest BCUT2D eigenvalue weighted by Gasteiger charge is -2.26. The van der Waals surface area contributed by atoms with Gasteiger partial charge in [0.2, 0.25) is 0 Å². The van der Waals surface area contributed by atoms with E-state index in [2.05, 4.69) is 0 Å². The van der Waals surface area contributed by atoms with E-state index in [1.54, 1.807) is 7.11 Å². The molecule has 0 aliphatic rings. The van der Waals surface area contributed by atoms with Gasteiger partial charge in [0.05, 0.1) is 12.7 Å². The molecule has 2 heteroatoms. The molecule has 0 saturated heterocycles. The van der Waals surface area contributed by atoms with Crippen LogP contribution >= 0.6 is 0 Å². The fraction of sp³-hybridized carbons (Fsp3) is 0.294. The molecule has 0 aliphatic heterocycles. The quantitative estimate of drug-likeness (QED) is 0.907. The topological polar surface area (TPSA) is 29.5 Å². The molecule has 0 fully saturated rings.